The average molecular weight is 295 g/mol. The SMILES string of the molecule is CN(CCN1C(=O)NC2(CCCC2)C1=O)[C@@H]1CCC[C@H]1O. The van der Waals surface area contributed by atoms with E-state index >= 15 is 0 Å². The van der Waals surface area contributed by atoms with E-state index in [1.807, 2.05) is 7.05 Å². The zero-order valence-electron chi connectivity index (χ0n) is 12.7. The molecule has 3 amide bonds. The highest BCUT2D eigenvalue weighted by molar-refractivity contribution is 6.07. The number of aliphatic hydroxyl groups is 1. The third-order valence-electron chi connectivity index (χ3n) is 5.39. The van der Waals surface area contributed by atoms with E-state index in [0.717, 1.165) is 44.9 Å². The highest BCUT2D eigenvalue weighted by Gasteiger charge is 2.52. The van der Waals surface area contributed by atoms with Gasteiger partial charge in [-0.25, -0.2) is 4.79 Å². The third-order valence-corrected chi connectivity index (χ3v) is 5.39. The molecule has 2 saturated carbocycles. The lowest BCUT2D eigenvalue weighted by atomic mass is 9.98. The Morgan fingerprint density at radius 3 is 2.62 bits per heavy atom. The minimum Gasteiger partial charge on any atom is -0.391 e. The average Bonchev–Trinajstić information content (AvgIpc) is 3.12. The van der Waals surface area contributed by atoms with Crippen LogP contribution in [0.15, 0.2) is 0 Å². The Kier molecular flexibility index (Phi) is 3.92. The second kappa shape index (κ2) is 5.57. The van der Waals surface area contributed by atoms with Crippen molar-refractivity contribution in [3.8, 4) is 0 Å². The molecule has 0 bridgehead atoms. The predicted molar refractivity (Wildman–Crippen MR) is 77.7 cm³/mol. The minimum atomic E-state index is -0.609. The zero-order valence-corrected chi connectivity index (χ0v) is 12.7. The lowest BCUT2D eigenvalue weighted by Gasteiger charge is -2.28. The van der Waals surface area contributed by atoms with E-state index in [2.05, 4.69) is 10.2 Å². The van der Waals surface area contributed by atoms with Crippen molar-refractivity contribution < 1.29 is 14.7 Å². The maximum absolute atomic E-state index is 12.5. The minimum absolute atomic E-state index is 0.0506. The Morgan fingerprint density at radius 1 is 1.29 bits per heavy atom. The van der Waals surface area contributed by atoms with Crippen molar-refractivity contribution in [1.29, 1.82) is 0 Å². The first kappa shape index (κ1) is 14.8. The van der Waals surface area contributed by atoms with Gasteiger partial charge in [0, 0.05) is 19.1 Å². The fourth-order valence-electron chi connectivity index (χ4n) is 4.06. The quantitative estimate of drug-likeness (QED) is 0.749. The number of aliphatic hydroxyl groups excluding tert-OH is 1. The summed E-state index contributed by atoms with van der Waals surface area (Å²) < 4.78 is 0. The first-order chi connectivity index (χ1) is 10.0. The highest BCUT2D eigenvalue weighted by atomic mass is 16.3. The molecule has 0 aromatic heterocycles. The van der Waals surface area contributed by atoms with Crippen molar-refractivity contribution in [3.63, 3.8) is 0 Å². The summed E-state index contributed by atoms with van der Waals surface area (Å²) in [6.07, 6.45) is 6.16. The Balaban J connectivity index is 1.58. The van der Waals surface area contributed by atoms with Gasteiger partial charge in [-0.1, -0.05) is 12.8 Å². The molecular weight excluding hydrogens is 270 g/mol. The predicted octanol–water partition coefficient (Wildman–Crippen LogP) is 0.696. The molecule has 0 aromatic rings. The monoisotopic (exact) mass is 295 g/mol. The van der Waals surface area contributed by atoms with E-state index in [-0.39, 0.29) is 24.1 Å². The first-order valence-corrected chi connectivity index (χ1v) is 8.06. The van der Waals surface area contributed by atoms with E-state index in [9.17, 15) is 14.7 Å². The molecular formula is C15H25N3O3. The standard InChI is InChI=1S/C15H25N3O3/c1-17(11-5-4-6-12(11)19)9-10-18-13(20)15(16-14(18)21)7-2-3-8-15/h11-12,19H,2-10H2,1H3,(H,16,21)/t11-,12-/m1/s1. The van der Waals surface area contributed by atoms with Gasteiger partial charge in [-0.15, -0.1) is 0 Å². The summed E-state index contributed by atoms with van der Waals surface area (Å²) >= 11 is 0. The Morgan fingerprint density at radius 2 is 2.00 bits per heavy atom. The van der Waals surface area contributed by atoms with Gasteiger partial charge in [0.15, 0.2) is 0 Å². The van der Waals surface area contributed by atoms with Crippen molar-refractivity contribution in [3.05, 3.63) is 0 Å². The number of carbonyl (C=O) groups is 2. The molecule has 2 N–H and O–H groups in total. The van der Waals surface area contributed by atoms with Crippen LogP contribution < -0.4 is 5.32 Å². The molecule has 3 fully saturated rings. The van der Waals surface area contributed by atoms with Gasteiger partial charge in [-0.2, -0.15) is 0 Å². The molecule has 21 heavy (non-hydrogen) atoms. The van der Waals surface area contributed by atoms with Gasteiger partial charge < -0.3 is 10.4 Å². The van der Waals surface area contributed by atoms with Crippen molar-refractivity contribution >= 4 is 11.9 Å². The van der Waals surface area contributed by atoms with Crippen LogP contribution in [0.3, 0.4) is 0 Å². The molecule has 0 radical (unpaired) electrons. The summed E-state index contributed by atoms with van der Waals surface area (Å²) in [5.74, 6) is -0.0506. The summed E-state index contributed by atoms with van der Waals surface area (Å²) in [6.45, 7) is 1.03. The number of nitrogens with one attached hydrogen (secondary N) is 1. The number of imide groups is 1. The van der Waals surface area contributed by atoms with E-state index in [1.54, 1.807) is 0 Å². The summed E-state index contributed by atoms with van der Waals surface area (Å²) in [5.41, 5.74) is -0.609. The van der Waals surface area contributed by atoms with Crippen LogP contribution in [0.4, 0.5) is 4.79 Å². The maximum atomic E-state index is 12.5. The van der Waals surface area contributed by atoms with Crippen LogP contribution in [0.25, 0.3) is 0 Å². The molecule has 0 unspecified atom stereocenters. The molecule has 1 saturated heterocycles. The first-order valence-electron chi connectivity index (χ1n) is 8.06. The molecule has 1 spiro atoms. The molecule has 1 aliphatic heterocycles. The van der Waals surface area contributed by atoms with E-state index in [4.69, 9.17) is 0 Å². The Hall–Kier alpha value is -1.14. The van der Waals surface area contributed by atoms with Crippen LogP contribution >= 0.6 is 0 Å². The number of hydrogen-bond donors (Lipinski definition) is 2. The number of hydrogen-bond acceptors (Lipinski definition) is 4. The van der Waals surface area contributed by atoms with Crippen LogP contribution in [0.2, 0.25) is 0 Å². The maximum Gasteiger partial charge on any atom is 0.325 e. The fraction of sp³-hybridized carbons (Fsp3) is 0.867. The van der Waals surface area contributed by atoms with Crippen molar-refractivity contribution in [2.75, 3.05) is 20.1 Å². The normalized spacial score (nSPS) is 31.7. The lowest BCUT2D eigenvalue weighted by molar-refractivity contribution is -0.131. The summed E-state index contributed by atoms with van der Waals surface area (Å²) in [4.78, 5) is 28.0. The van der Waals surface area contributed by atoms with Gasteiger partial charge in [0.05, 0.1) is 6.10 Å². The second-order valence-electron chi connectivity index (χ2n) is 6.72. The third kappa shape index (κ3) is 2.55. The number of carbonyl (C=O) groups excluding carboxylic acids is 2. The van der Waals surface area contributed by atoms with Crippen LogP contribution in [0, 0.1) is 0 Å². The van der Waals surface area contributed by atoms with Gasteiger partial charge in [0.25, 0.3) is 5.91 Å². The molecule has 6 nitrogen and oxygen atoms in total. The fourth-order valence-corrected chi connectivity index (χ4v) is 4.06. The number of urea groups is 1. The van der Waals surface area contributed by atoms with E-state index in [1.165, 1.54) is 4.90 Å². The number of amides is 3. The smallest absolute Gasteiger partial charge is 0.325 e. The zero-order chi connectivity index (χ0) is 15.0. The van der Waals surface area contributed by atoms with Crippen LogP contribution in [0.1, 0.15) is 44.9 Å². The molecule has 3 aliphatic rings. The van der Waals surface area contributed by atoms with Crippen LogP contribution in [0.5, 0.6) is 0 Å². The lowest BCUT2D eigenvalue weighted by Crippen LogP contribution is -2.46. The Bertz CT molecular complexity index is 434. The summed E-state index contributed by atoms with van der Waals surface area (Å²) in [7, 11) is 1.96. The molecule has 3 rings (SSSR count). The number of nitrogens with zero attached hydrogens (tertiary/aromatic N) is 2. The van der Waals surface area contributed by atoms with Gasteiger partial charge in [0.2, 0.25) is 0 Å². The van der Waals surface area contributed by atoms with E-state index < -0.39 is 5.54 Å². The molecule has 0 aromatic carbocycles. The van der Waals surface area contributed by atoms with Gasteiger partial charge in [0.1, 0.15) is 5.54 Å². The molecule has 1 heterocycles. The summed E-state index contributed by atoms with van der Waals surface area (Å²) in [5, 5.41) is 12.8. The Labute approximate surface area is 125 Å². The van der Waals surface area contributed by atoms with Crippen molar-refractivity contribution in [2.24, 2.45) is 0 Å². The largest absolute Gasteiger partial charge is 0.391 e. The van der Waals surface area contributed by atoms with Gasteiger partial charge >= 0.3 is 6.03 Å². The van der Waals surface area contributed by atoms with Gasteiger partial charge in [-0.05, 0) is 39.2 Å². The number of rotatable bonds is 4. The van der Waals surface area contributed by atoms with E-state index in [0.29, 0.717) is 13.1 Å². The molecule has 2 aliphatic carbocycles. The van der Waals surface area contributed by atoms with Crippen LogP contribution in [-0.4, -0.2) is 64.7 Å². The van der Waals surface area contributed by atoms with Gasteiger partial charge in [-0.3, -0.25) is 14.6 Å². The molecule has 2 atom stereocenters. The number of likely N-dealkylation sites (N-methyl/N-ethyl adjacent to an activating group) is 1. The summed E-state index contributed by atoms with van der Waals surface area (Å²) in [6, 6.07) is -0.0894. The van der Waals surface area contributed by atoms with Crippen LogP contribution in [-0.2, 0) is 4.79 Å². The van der Waals surface area contributed by atoms with Crippen molar-refractivity contribution in [1.82, 2.24) is 15.1 Å². The molecule has 118 valence electrons. The highest BCUT2D eigenvalue weighted by Crippen LogP contribution is 2.35. The van der Waals surface area contributed by atoms with Crippen molar-refractivity contribution in [2.45, 2.75) is 62.6 Å². The topological polar surface area (TPSA) is 72.9 Å². The molecule has 6 heteroatoms. The second-order valence-corrected chi connectivity index (χ2v) is 6.72.